The zero-order valence-corrected chi connectivity index (χ0v) is 13.6. The van der Waals surface area contributed by atoms with Crippen molar-refractivity contribution in [3.05, 3.63) is 53.7 Å². The maximum Gasteiger partial charge on any atom is 0.329 e. The average molecular weight is 326 g/mol. The van der Waals surface area contributed by atoms with E-state index < -0.39 is 12.0 Å². The van der Waals surface area contributed by atoms with Gasteiger partial charge in [-0.25, -0.2) is 9.78 Å². The average Bonchev–Trinajstić information content (AvgIpc) is 3.00. The van der Waals surface area contributed by atoms with E-state index in [4.69, 9.17) is 9.47 Å². The van der Waals surface area contributed by atoms with Gasteiger partial charge in [-0.2, -0.15) is 0 Å². The van der Waals surface area contributed by atoms with Gasteiger partial charge in [0, 0.05) is 18.3 Å². The van der Waals surface area contributed by atoms with Gasteiger partial charge in [-0.1, -0.05) is 18.2 Å². The lowest BCUT2D eigenvalue weighted by Gasteiger charge is -2.24. The number of amides is 1. The minimum atomic E-state index is -0.686. The van der Waals surface area contributed by atoms with Crippen molar-refractivity contribution in [1.82, 2.24) is 4.98 Å². The lowest BCUT2D eigenvalue weighted by Crippen LogP contribution is -2.43. The summed E-state index contributed by atoms with van der Waals surface area (Å²) >= 11 is 0. The molecule has 1 aromatic heterocycles. The summed E-state index contributed by atoms with van der Waals surface area (Å²) in [5.74, 6) is -0.508. The first kappa shape index (κ1) is 16.0. The van der Waals surface area contributed by atoms with Gasteiger partial charge in [0.05, 0.1) is 13.7 Å². The van der Waals surface area contributed by atoms with Crippen molar-refractivity contribution < 1.29 is 19.1 Å². The molecule has 124 valence electrons. The molecule has 0 saturated heterocycles. The number of benzene rings is 1. The van der Waals surface area contributed by atoms with Crippen molar-refractivity contribution in [3.8, 4) is 5.88 Å². The van der Waals surface area contributed by atoms with Crippen LogP contribution in [0.4, 0.5) is 5.69 Å². The number of hydrogen-bond acceptors (Lipinski definition) is 5. The second-order valence-corrected chi connectivity index (χ2v) is 5.34. The lowest BCUT2D eigenvalue weighted by molar-refractivity contribution is -0.141. The van der Waals surface area contributed by atoms with Crippen LogP contribution in [0.3, 0.4) is 0 Å². The van der Waals surface area contributed by atoms with E-state index >= 15 is 0 Å². The number of hydrogen-bond donors (Lipinski definition) is 0. The van der Waals surface area contributed by atoms with E-state index in [9.17, 15) is 9.59 Å². The molecule has 0 aliphatic carbocycles. The van der Waals surface area contributed by atoms with Gasteiger partial charge in [-0.3, -0.25) is 9.69 Å². The number of anilines is 1. The Hall–Kier alpha value is -2.89. The van der Waals surface area contributed by atoms with Crippen LogP contribution in [0.1, 0.15) is 22.8 Å². The molecule has 1 aliphatic rings. The molecule has 0 saturated carbocycles. The maximum atomic E-state index is 13.1. The number of methoxy groups -OCH3 is 1. The zero-order valence-electron chi connectivity index (χ0n) is 13.6. The summed E-state index contributed by atoms with van der Waals surface area (Å²) in [5, 5.41) is 0. The minimum absolute atomic E-state index is 0.262. The molecule has 0 fully saturated rings. The normalized spacial score (nSPS) is 15.8. The summed E-state index contributed by atoms with van der Waals surface area (Å²) in [5.41, 5.74) is 1.97. The Bertz CT molecular complexity index is 775. The third kappa shape index (κ3) is 2.71. The van der Waals surface area contributed by atoms with Crippen molar-refractivity contribution in [1.29, 1.82) is 0 Å². The van der Waals surface area contributed by atoms with Gasteiger partial charge in [0.1, 0.15) is 11.6 Å². The molecule has 24 heavy (non-hydrogen) atoms. The van der Waals surface area contributed by atoms with Gasteiger partial charge >= 0.3 is 5.97 Å². The van der Waals surface area contributed by atoms with Gasteiger partial charge in [-0.05, 0) is 30.7 Å². The van der Waals surface area contributed by atoms with Gasteiger partial charge in [0.15, 0.2) is 0 Å². The molecular formula is C18H18N2O4. The lowest BCUT2D eigenvalue weighted by atomic mass is 10.1. The Morgan fingerprint density at radius 2 is 2.04 bits per heavy atom. The monoisotopic (exact) mass is 326 g/mol. The van der Waals surface area contributed by atoms with Crippen LogP contribution in [0.25, 0.3) is 0 Å². The topological polar surface area (TPSA) is 68.7 Å². The number of para-hydroxylation sites is 1. The smallest absolute Gasteiger partial charge is 0.329 e. The van der Waals surface area contributed by atoms with Crippen LogP contribution in [0.15, 0.2) is 42.6 Å². The van der Waals surface area contributed by atoms with Crippen LogP contribution >= 0.6 is 0 Å². The predicted molar refractivity (Wildman–Crippen MR) is 88.2 cm³/mol. The number of nitrogens with zero attached hydrogens (tertiary/aromatic N) is 2. The number of aromatic nitrogens is 1. The third-order valence-corrected chi connectivity index (χ3v) is 3.95. The molecule has 1 atom stereocenters. The first-order valence-electron chi connectivity index (χ1n) is 7.74. The van der Waals surface area contributed by atoms with E-state index in [1.54, 1.807) is 18.3 Å². The van der Waals surface area contributed by atoms with Crippen molar-refractivity contribution in [3.63, 3.8) is 0 Å². The number of ether oxygens (including phenoxy) is 2. The summed E-state index contributed by atoms with van der Waals surface area (Å²) in [7, 11) is 1.32. The van der Waals surface area contributed by atoms with Crippen LogP contribution in [-0.2, 0) is 16.0 Å². The van der Waals surface area contributed by atoms with Crippen LogP contribution in [0.2, 0.25) is 0 Å². The Morgan fingerprint density at radius 1 is 1.25 bits per heavy atom. The van der Waals surface area contributed by atoms with Gasteiger partial charge < -0.3 is 9.47 Å². The van der Waals surface area contributed by atoms with Crippen LogP contribution in [0, 0.1) is 0 Å². The summed E-state index contributed by atoms with van der Waals surface area (Å²) in [4.78, 5) is 30.9. The van der Waals surface area contributed by atoms with Crippen molar-refractivity contribution in [2.24, 2.45) is 0 Å². The SMILES string of the molecule is CCOc1ncccc1C(=O)N1c2ccccc2C[C@H]1C(=O)OC. The molecule has 0 N–H and O–H groups in total. The van der Waals surface area contributed by atoms with E-state index in [0.29, 0.717) is 24.3 Å². The Balaban J connectivity index is 2.04. The molecule has 3 rings (SSSR count). The summed E-state index contributed by atoms with van der Waals surface area (Å²) < 4.78 is 10.3. The highest BCUT2D eigenvalue weighted by Crippen LogP contribution is 2.34. The van der Waals surface area contributed by atoms with Gasteiger partial charge in [0.25, 0.3) is 5.91 Å². The summed E-state index contributed by atoms with van der Waals surface area (Å²) in [6, 6.07) is 10.1. The molecule has 0 spiro atoms. The summed E-state index contributed by atoms with van der Waals surface area (Å²) in [6.07, 6.45) is 2.00. The molecule has 0 bridgehead atoms. The van der Waals surface area contributed by atoms with Crippen molar-refractivity contribution >= 4 is 17.6 Å². The molecule has 6 heteroatoms. The second-order valence-electron chi connectivity index (χ2n) is 5.34. The number of rotatable bonds is 4. The molecular weight excluding hydrogens is 308 g/mol. The number of esters is 1. The first-order valence-corrected chi connectivity index (χ1v) is 7.74. The molecule has 1 aromatic carbocycles. The largest absolute Gasteiger partial charge is 0.477 e. The first-order chi connectivity index (χ1) is 11.7. The van der Waals surface area contributed by atoms with Crippen LogP contribution in [0.5, 0.6) is 5.88 Å². The highest BCUT2D eigenvalue weighted by atomic mass is 16.5. The van der Waals surface area contributed by atoms with E-state index in [2.05, 4.69) is 4.98 Å². The maximum absolute atomic E-state index is 13.1. The molecule has 2 aromatic rings. The van der Waals surface area contributed by atoms with Crippen LogP contribution in [-0.4, -0.2) is 36.6 Å². The quantitative estimate of drug-likeness (QED) is 0.806. The van der Waals surface area contributed by atoms with E-state index in [0.717, 1.165) is 5.56 Å². The van der Waals surface area contributed by atoms with Crippen molar-refractivity contribution in [2.45, 2.75) is 19.4 Å². The molecule has 1 aliphatic heterocycles. The number of fused-ring (bicyclic) bond motifs is 1. The van der Waals surface area contributed by atoms with Crippen LogP contribution < -0.4 is 9.64 Å². The van der Waals surface area contributed by atoms with E-state index in [1.165, 1.54) is 12.0 Å². The standard InChI is InChI=1S/C18H18N2O4/c1-3-24-16-13(8-6-10-19-16)17(21)20-14-9-5-4-7-12(14)11-15(20)18(22)23-2/h4-10,15H,3,11H2,1-2H3/t15-/m0/s1. The van der Waals surface area contributed by atoms with Gasteiger partial charge in [-0.15, -0.1) is 0 Å². The molecule has 0 unspecified atom stereocenters. The number of carbonyl (C=O) groups excluding carboxylic acids is 2. The number of pyridine rings is 1. The number of carbonyl (C=O) groups is 2. The Kier molecular flexibility index (Phi) is 4.46. The molecule has 2 heterocycles. The van der Waals surface area contributed by atoms with E-state index in [1.807, 2.05) is 31.2 Å². The highest BCUT2D eigenvalue weighted by Gasteiger charge is 2.40. The minimum Gasteiger partial charge on any atom is -0.477 e. The third-order valence-electron chi connectivity index (χ3n) is 3.95. The highest BCUT2D eigenvalue weighted by molar-refractivity contribution is 6.12. The summed E-state index contributed by atoms with van der Waals surface area (Å²) in [6.45, 7) is 2.22. The molecule has 1 amide bonds. The molecule has 6 nitrogen and oxygen atoms in total. The predicted octanol–water partition coefficient (Wildman–Crippen LogP) is 2.22. The fourth-order valence-electron chi connectivity index (χ4n) is 2.90. The van der Waals surface area contributed by atoms with E-state index in [-0.39, 0.29) is 11.8 Å². The van der Waals surface area contributed by atoms with Gasteiger partial charge in [0.2, 0.25) is 5.88 Å². The van der Waals surface area contributed by atoms with Crippen molar-refractivity contribution in [2.75, 3.05) is 18.6 Å². The fourth-order valence-corrected chi connectivity index (χ4v) is 2.90. The fraction of sp³-hybridized carbons (Fsp3) is 0.278. The molecule has 0 radical (unpaired) electrons. The second kappa shape index (κ2) is 6.70. The zero-order chi connectivity index (χ0) is 17.1. The Morgan fingerprint density at radius 3 is 2.79 bits per heavy atom. The Labute approximate surface area is 140 Å².